The molecule has 130 valence electrons. The Kier molecular flexibility index (Phi) is 4.21. The summed E-state index contributed by atoms with van der Waals surface area (Å²) in [5, 5.41) is 24.7. The van der Waals surface area contributed by atoms with E-state index >= 15 is 0 Å². The minimum Gasteiger partial charge on any atom is -0.481 e. The summed E-state index contributed by atoms with van der Waals surface area (Å²) in [5.74, 6) is -0.0135. The van der Waals surface area contributed by atoms with Crippen LogP contribution in [0.2, 0.25) is 0 Å². The number of hydrogen-bond donors (Lipinski definition) is 2. The fraction of sp³-hybridized carbons (Fsp3) is 0.588. The number of rotatable bonds is 4. The van der Waals surface area contributed by atoms with Crippen molar-refractivity contribution in [3.8, 4) is 0 Å². The zero-order valence-corrected chi connectivity index (χ0v) is 14.4. The summed E-state index contributed by atoms with van der Waals surface area (Å²) >= 11 is 0. The van der Waals surface area contributed by atoms with Gasteiger partial charge < -0.3 is 15.1 Å². The van der Waals surface area contributed by atoms with Gasteiger partial charge in [0.1, 0.15) is 5.82 Å². The maximum atomic E-state index is 11.8. The number of aliphatic hydroxyl groups excluding tert-OH is 1. The first-order valence-corrected chi connectivity index (χ1v) is 8.38. The van der Waals surface area contributed by atoms with Crippen molar-refractivity contribution < 1.29 is 15.0 Å². The number of carboxylic acid groups (broad SMARTS) is 1. The number of fused-ring (bicyclic) bond motifs is 1. The van der Waals surface area contributed by atoms with Gasteiger partial charge in [-0.3, -0.25) is 4.79 Å². The third-order valence-electron chi connectivity index (χ3n) is 5.26. The summed E-state index contributed by atoms with van der Waals surface area (Å²) in [7, 11) is 0. The van der Waals surface area contributed by atoms with Crippen LogP contribution in [0.15, 0.2) is 12.3 Å². The lowest BCUT2D eigenvalue weighted by Crippen LogP contribution is -2.55. The van der Waals surface area contributed by atoms with Gasteiger partial charge in [-0.05, 0) is 26.7 Å². The van der Waals surface area contributed by atoms with Gasteiger partial charge in [0.05, 0.1) is 17.7 Å². The molecule has 1 fully saturated rings. The summed E-state index contributed by atoms with van der Waals surface area (Å²) in [6.07, 6.45) is 2.43. The highest BCUT2D eigenvalue weighted by molar-refractivity contribution is 5.76. The van der Waals surface area contributed by atoms with Crippen LogP contribution in [0.25, 0.3) is 5.65 Å². The maximum Gasteiger partial charge on any atom is 0.312 e. The number of carboxylic acids is 1. The first-order valence-electron chi connectivity index (χ1n) is 8.38. The van der Waals surface area contributed by atoms with Crippen molar-refractivity contribution in [3.63, 3.8) is 0 Å². The van der Waals surface area contributed by atoms with Crippen molar-refractivity contribution >= 4 is 17.4 Å². The molecule has 0 bridgehead atoms. The first kappa shape index (κ1) is 16.7. The molecule has 7 heteroatoms. The van der Waals surface area contributed by atoms with Crippen molar-refractivity contribution in [2.75, 3.05) is 18.0 Å². The second-order valence-corrected chi connectivity index (χ2v) is 6.67. The highest BCUT2D eigenvalue weighted by Crippen LogP contribution is 2.39. The molecule has 0 unspecified atom stereocenters. The summed E-state index contributed by atoms with van der Waals surface area (Å²) in [6, 6.07) is 1.84. The van der Waals surface area contributed by atoms with Crippen molar-refractivity contribution in [2.45, 2.75) is 46.1 Å². The molecule has 0 amide bonds. The minimum atomic E-state index is -1.05. The molecular formula is C17H24N4O3. The Hall–Kier alpha value is -2.15. The molecule has 2 N–H and O–H groups in total. The maximum absolute atomic E-state index is 11.8. The quantitative estimate of drug-likeness (QED) is 0.887. The molecule has 7 nitrogen and oxygen atoms in total. The Balaban J connectivity index is 1.98. The van der Waals surface area contributed by atoms with Gasteiger partial charge in [-0.2, -0.15) is 9.61 Å². The van der Waals surface area contributed by atoms with Gasteiger partial charge in [0.15, 0.2) is 5.65 Å². The summed E-state index contributed by atoms with van der Waals surface area (Å²) < 4.78 is 1.77. The zero-order chi connectivity index (χ0) is 17.5. The van der Waals surface area contributed by atoms with Gasteiger partial charge in [0.25, 0.3) is 0 Å². The van der Waals surface area contributed by atoms with Crippen LogP contribution in [0.4, 0.5) is 5.82 Å². The van der Waals surface area contributed by atoms with Crippen LogP contribution < -0.4 is 4.90 Å². The van der Waals surface area contributed by atoms with E-state index in [2.05, 4.69) is 10.1 Å². The van der Waals surface area contributed by atoms with E-state index in [0.717, 1.165) is 29.1 Å². The number of aliphatic hydroxyl groups is 1. The average Bonchev–Trinajstić information content (AvgIpc) is 2.98. The lowest BCUT2D eigenvalue weighted by molar-refractivity contribution is -0.159. The summed E-state index contributed by atoms with van der Waals surface area (Å²) in [5.41, 5.74) is 1.61. The Labute approximate surface area is 140 Å². The molecule has 3 heterocycles. The number of β-amino-alcohol motifs (C(OH)–C–C–N with tert-alkyl or cyclic N) is 1. The molecule has 2 aromatic heterocycles. The van der Waals surface area contributed by atoms with Crippen LogP contribution in [-0.4, -0.2) is 50.0 Å². The van der Waals surface area contributed by atoms with E-state index in [9.17, 15) is 15.0 Å². The Morgan fingerprint density at radius 1 is 1.46 bits per heavy atom. The van der Waals surface area contributed by atoms with Gasteiger partial charge in [-0.15, -0.1) is 0 Å². The molecular weight excluding hydrogens is 308 g/mol. The molecule has 0 radical (unpaired) electrons. The predicted molar refractivity (Wildman–Crippen MR) is 90.3 cm³/mol. The van der Waals surface area contributed by atoms with Crippen LogP contribution in [0, 0.1) is 19.3 Å². The summed E-state index contributed by atoms with van der Waals surface area (Å²) in [4.78, 5) is 18.4. The van der Waals surface area contributed by atoms with E-state index in [1.54, 1.807) is 10.7 Å². The number of anilines is 1. The topological polar surface area (TPSA) is 91.0 Å². The lowest BCUT2D eigenvalue weighted by Gasteiger charge is -2.43. The Bertz CT molecular complexity index is 773. The predicted octanol–water partition coefficient (Wildman–Crippen LogP) is 1.79. The van der Waals surface area contributed by atoms with Crippen LogP contribution >= 0.6 is 0 Å². The number of nitrogens with zero attached hydrogens (tertiary/aromatic N) is 4. The highest BCUT2D eigenvalue weighted by atomic mass is 16.4. The normalized spacial score (nSPS) is 24.5. The highest BCUT2D eigenvalue weighted by Gasteiger charge is 2.48. The fourth-order valence-electron chi connectivity index (χ4n) is 3.75. The molecule has 2 atom stereocenters. The van der Waals surface area contributed by atoms with Crippen molar-refractivity contribution in [1.29, 1.82) is 0 Å². The number of aromatic nitrogens is 3. The fourth-order valence-corrected chi connectivity index (χ4v) is 3.75. The van der Waals surface area contributed by atoms with Crippen LogP contribution in [-0.2, 0) is 4.79 Å². The van der Waals surface area contributed by atoms with Gasteiger partial charge >= 0.3 is 5.97 Å². The molecule has 2 aromatic rings. The summed E-state index contributed by atoms with van der Waals surface area (Å²) in [6.45, 7) is 6.74. The molecule has 0 spiro atoms. The Morgan fingerprint density at radius 3 is 2.83 bits per heavy atom. The molecule has 1 aliphatic rings. The molecule has 1 saturated heterocycles. The van der Waals surface area contributed by atoms with Crippen molar-refractivity contribution in [1.82, 2.24) is 14.6 Å². The van der Waals surface area contributed by atoms with Crippen LogP contribution in [0.1, 0.15) is 37.4 Å². The molecule has 24 heavy (non-hydrogen) atoms. The standard InChI is InChI=1S/C17H24N4O3/c1-4-6-17(16(23)24)7-9-20(10-13(17)22)15-11(2)12(3)19-14-5-8-18-21(14)15/h5,8,13,22H,4,6-7,9-10H2,1-3H3,(H,23,24)/t13-,17-/m0/s1. The van der Waals surface area contributed by atoms with Gasteiger partial charge in [-0.25, -0.2) is 4.98 Å². The zero-order valence-electron chi connectivity index (χ0n) is 14.4. The number of aryl methyl sites for hydroxylation is 1. The van der Waals surface area contributed by atoms with E-state index < -0.39 is 17.5 Å². The number of piperidine rings is 1. The van der Waals surface area contributed by atoms with E-state index in [1.807, 2.05) is 31.7 Å². The largest absolute Gasteiger partial charge is 0.481 e. The third kappa shape index (κ3) is 2.43. The third-order valence-corrected chi connectivity index (χ3v) is 5.26. The van der Waals surface area contributed by atoms with Gasteiger partial charge in [0, 0.05) is 30.4 Å². The minimum absolute atomic E-state index is 0.283. The second kappa shape index (κ2) is 6.05. The van der Waals surface area contributed by atoms with Crippen LogP contribution in [0.3, 0.4) is 0 Å². The molecule has 0 saturated carbocycles. The Morgan fingerprint density at radius 2 is 2.21 bits per heavy atom. The molecule has 1 aliphatic heterocycles. The lowest BCUT2D eigenvalue weighted by atomic mass is 9.73. The second-order valence-electron chi connectivity index (χ2n) is 6.67. The molecule has 0 aliphatic carbocycles. The monoisotopic (exact) mass is 332 g/mol. The van der Waals surface area contributed by atoms with Crippen LogP contribution in [0.5, 0.6) is 0 Å². The number of aliphatic carboxylic acids is 1. The molecule has 0 aromatic carbocycles. The number of hydrogen-bond acceptors (Lipinski definition) is 5. The SMILES string of the molecule is CCC[C@]1(C(=O)O)CCN(c2c(C)c(C)nc3ccnn23)C[C@@H]1O. The van der Waals surface area contributed by atoms with Crippen molar-refractivity contribution in [3.05, 3.63) is 23.5 Å². The van der Waals surface area contributed by atoms with E-state index in [-0.39, 0.29) is 6.54 Å². The number of carbonyl (C=O) groups is 1. The van der Waals surface area contributed by atoms with E-state index in [1.165, 1.54) is 0 Å². The van der Waals surface area contributed by atoms with Gasteiger partial charge in [0.2, 0.25) is 0 Å². The molecule has 3 rings (SSSR count). The smallest absolute Gasteiger partial charge is 0.312 e. The van der Waals surface area contributed by atoms with Crippen molar-refractivity contribution in [2.24, 2.45) is 5.41 Å². The average molecular weight is 332 g/mol. The first-order chi connectivity index (χ1) is 11.4. The van der Waals surface area contributed by atoms with E-state index in [4.69, 9.17) is 0 Å². The van der Waals surface area contributed by atoms with Gasteiger partial charge in [-0.1, -0.05) is 13.3 Å². The van der Waals surface area contributed by atoms with E-state index in [0.29, 0.717) is 19.4 Å².